The number of hydrogen-bond donors (Lipinski definition) is 0. The van der Waals surface area contributed by atoms with Gasteiger partial charge in [0.15, 0.2) is 0 Å². The minimum atomic E-state index is -3.55. The molecule has 23 heavy (non-hydrogen) atoms. The van der Waals surface area contributed by atoms with Crippen LogP contribution < -0.4 is 4.31 Å². The standard InChI is InChI=1S/C17H26N2O3S/c1-13-7-5-9-16(11-13)19(23(4,21)22)15(3)17(20)18-10-6-8-14(2)12-18/h5,7,9,11,14-15H,6,8,10,12H2,1-4H3. The molecule has 1 amide bonds. The van der Waals surface area contributed by atoms with Crippen molar-refractivity contribution in [1.29, 1.82) is 0 Å². The molecule has 1 aliphatic heterocycles. The molecule has 0 saturated carbocycles. The zero-order chi connectivity index (χ0) is 17.2. The van der Waals surface area contributed by atoms with Crippen molar-refractivity contribution >= 4 is 21.6 Å². The van der Waals surface area contributed by atoms with Gasteiger partial charge in [0.05, 0.1) is 11.9 Å². The molecule has 0 radical (unpaired) electrons. The van der Waals surface area contributed by atoms with Crippen molar-refractivity contribution in [2.24, 2.45) is 5.92 Å². The first-order chi connectivity index (χ1) is 10.7. The minimum absolute atomic E-state index is 0.122. The van der Waals surface area contributed by atoms with Crippen LogP contribution in [0.4, 0.5) is 5.69 Å². The maximum absolute atomic E-state index is 12.8. The summed E-state index contributed by atoms with van der Waals surface area (Å²) in [4.78, 5) is 14.6. The minimum Gasteiger partial charge on any atom is -0.341 e. The molecular weight excluding hydrogens is 312 g/mol. The molecule has 0 aliphatic carbocycles. The molecule has 1 aromatic carbocycles. The van der Waals surface area contributed by atoms with Gasteiger partial charge in [0.1, 0.15) is 6.04 Å². The average molecular weight is 338 g/mol. The van der Waals surface area contributed by atoms with E-state index in [1.54, 1.807) is 24.0 Å². The fourth-order valence-corrected chi connectivity index (χ4v) is 4.38. The highest BCUT2D eigenvalue weighted by molar-refractivity contribution is 7.92. The van der Waals surface area contributed by atoms with Crippen molar-refractivity contribution in [2.45, 2.75) is 39.7 Å². The van der Waals surface area contributed by atoms with Gasteiger partial charge >= 0.3 is 0 Å². The van der Waals surface area contributed by atoms with Gasteiger partial charge in [0, 0.05) is 13.1 Å². The van der Waals surface area contributed by atoms with Crippen molar-refractivity contribution in [1.82, 2.24) is 4.90 Å². The quantitative estimate of drug-likeness (QED) is 0.847. The van der Waals surface area contributed by atoms with E-state index >= 15 is 0 Å². The first-order valence-corrected chi connectivity index (χ1v) is 9.90. The van der Waals surface area contributed by atoms with Crippen molar-refractivity contribution in [2.75, 3.05) is 23.7 Å². The number of nitrogens with zero attached hydrogens (tertiary/aromatic N) is 2. The fourth-order valence-electron chi connectivity index (χ4n) is 3.22. The summed E-state index contributed by atoms with van der Waals surface area (Å²) in [5, 5.41) is 0. The predicted octanol–water partition coefficient (Wildman–Crippen LogP) is 2.41. The van der Waals surface area contributed by atoms with E-state index in [1.165, 1.54) is 4.31 Å². The molecule has 0 aromatic heterocycles. The summed E-state index contributed by atoms with van der Waals surface area (Å²) in [6, 6.07) is 6.50. The Morgan fingerprint density at radius 3 is 2.65 bits per heavy atom. The third kappa shape index (κ3) is 4.25. The lowest BCUT2D eigenvalue weighted by Crippen LogP contribution is -2.51. The first-order valence-electron chi connectivity index (χ1n) is 8.05. The van der Waals surface area contributed by atoms with Crippen LogP contribution in [0.25, 0.3) is 0 Å². The summed E-state index contributed by atoms with van der Waals surface area (Å²) in [7, 11) is -3.55. The van der Waals surface area contributed by atoms with Gasteiger partial charge in [-0.25, -0.2) is 8.42 Å². The third-order valence-electron chi connectivity index (χ3n) is 4.29. The summed E-state index contributed by atoms with van der Waals surface area (Å²) in [6.07, 6.45) is 3.24. The van der Waals surface area contributed by atoms with Crippen molar-refractivity contribution in [3.8, 4) is 0 Å². The summed E-state index contributed by atoms with van der Waals surface area (Å²) < 4.78 is 25.8. The molecule has 2 unspecified atom stereocenters. The molecule has 1 aromatic rings. The van der Waals surface area contributed by atoms with Gasteiger partial charge in [-0.3, -0.25) is 9.10 Å². The van der Waals surface area contributed by atoms with Crippen molar-refractivity contribution in [3.05, 3.63) is 29.8 Å². The number of rotatable bonds is 4. The molecule has 0 spiro atoms. The molecule has 0 N–H and O–H groups in total. The number of carbonyl (C=O) groups is 1. The fraction of sp³-hybridized carbons (Fsp3) is 0.588. The first kappa shape index (κ1) is 17.8. The van der Waals surface area contributed by atoms with Crippen molar-refractivity contribution < 1.29 is 13.2 Å². The van der Waals surface area contributed by atoms with E-state index in [0.717, 1.165) is 24.7 Å². The van der Waals surface area contributed by atoms with Gasteiger partial charge in [0.2, 0.25) is 15.9 Å². The van der Waals surface area contributed by atoms with Crippen LogP contribution in [0.5, 0.6) is 0 Å². The largest absolute Gasteiger partial charge is 0.341 e. The molecule has 1 aliphatic rings. The highest BCUT2D eigenvalue weighted by Gasteiger charge is 2.33. The van der Waals surface area contributed by atoms with E-state index in [9.17, 15) is 13.2 Å². The molecule has 1 fully saturated rings. The van der Waals surface area contributed by atoms with E-state index < -0.39 is 16.1 Å². The molecule has 5 nitrogen and oxygen atoms in total. The van der Waals surface area contributed by atoms with E-state index in [2.05, 4.69) is 6.92 Å². The molecule has 0 bridgehead atoms. The van der Waals surface area contributed by atoms with Gasteiger partial charge in [-0.15, -0.1) is 0 Å². The van der Waals surface area contributed by atoms with Crippen molar-refractivity contribution in [3.63, 3.8) is 0 Å². The molecule has 1 heterocycles. The maximum Gasteiger partial charge on any atom is 0.246 e. The summed E-state index contributed by atoms with van der Waals surface area (Å²) >= 11 is 0. The smallest absolute Gasteiger partial charge is 0.246 e. The monoisotopic (exact) mass is 338 g/mol. The van der Waals surface area contributed by atoms with E-state index in [0.29, 0.717) is 24.7 Å². The lowest BCUT2D eigenvalue weighted by molar-refractivity contribution is -0.133. The second-order valence-corrected chi connectivity index (χ2v) is 8.46. The van der Waals surface area contributed by atoms with Crippen LogP contribution in [0.3, 0.4) is 0 Å². The lowest BCUT2D eigenvalue weighted by atomic mass is 10.00. The number of benzene rings is 1. The van der Waals surface area contributed by atoms with Crippen LogP contribution in [0.15, 0.2) is 24.3 Å². The molecule has 1 saturated heterocycles. The number of likely N-dealkylation sites (tertiary alicyclic amines) is 1. The summed E-state index contributed by atoms with van der Waals surface area (Å²) in [5.41, 5.74) is 1.50. The number of hydrogen-bond acceptors (Lipinski definition) is 3. The van der Waals surface area contributed by atoms with Gasteiger partial charge in [-0.2, -0.15) is 0 Å². The van der Waals surface area contributed by atoms with E-state index in [4.69, 9.17) is 0 Å². The second kappa shape index (κ2) is 6.91. The molecule has 6 heteroatoms. The normalized spacial score (nSPS) is 20.2. The summed E-state index contributed by atoms with van der Waals surface area (Å²) in [5.74, 6) is 0.342. The van der Waals surface area contributed by atoms with Crippen LogP contribution in [0.2, 0.25) is 0 Å². The molecular formula is C17H26N2O3S. The SMILES string of the molecule is Cc1cccc(N(C(C)C(=O)N2CCCC(C)C2)S(C)(=O)=O)c1. The Kier molecular flexibility index (Phi) is 5.34. The van der Waals surface area contributed by atoms with Crippen LogP contribution >= 0.6 is 0 Å². The lowest BCUT2D eigenvalue weighted by Gasteiger charge is -2.36. The Morgan fingerprint density at radius 1 is 1.39 bits per heavy atom. The topological polar surface area (TPSA) is 57.7 Å². The second-order valence-electron chi connectivity index (χ2n) is 6.61. The number of anilines is 1. The van der Waals surface area contributed by atoms with Gasteiger partial charge < -0.3 is 4.90 Å². The van der Waals surface area contributed by atoms with Crippen LogP contribution in [-0.2, 0) is 14.8 Å². The number of amides is 1. The van der Waals surface area contributed by atoms with Crippen LogP contribution in [0, 0.1) is 12.8 Å². The maximum atomic E-state index is 12.8. The van der Waals surface area contributed by atoms with E-state index in [-0.39, 0.29) is 5.91 Å². The molecule has 2 atom stereocenters. The Labute approximate surface area is 139 Å². The van der Waals surface area contributed by atoms with Crippen LogP contribution in [-0.4, -0.2) is 44.6 Å². The Morgan fingerprint density at radius 2 is 2.09 bits per heavy atom. The zero-order valence-electron chi connectivity index (χ0n) is 14.3. The highest BCUT2D eigenvalue weighted by atomic mass is 32.2. The number of aryl methyl sites for hydroxylation is 1. The Bertz CT molecular complexity index is 672. The zero-order valence-corrected chi connectivity index (χ0v) is 15.1. The van der Waals surface area contributed by atoms with E-state index in [1.807, 2.05) is 19.1 Å². The molecule has 128 valence electrons. The highest BCUT2D eigenvalue weighted by Crippen LogP contribution is 2.24. The van der Waals surface area contributed by atoms with Crippen LogP contribution in [0.1, 0.15) is 32.3 Å². The molecule has 2 rings (SSSR count). The van der Waals surface area contributed by atoms with Gasteiger partial charge in [-0.05, 0) is 50.3 Å². The summed E-state index contributed by atoms with van der Waals surface area (Å²) in [6.45, 7) is 7.11. The number of sulfonamides is 1. The number of piperidine rings is 1. The van der Waals surface area contributed by atoms with Gasteiger partial charge in [0.25, 0.3) is 0 Å². The predicted molar refractivity (Wildman–Crippen MR) is 92.9 cm³/mol. The third-order valence-corrected chi connectivity index (χ3v) is 5.53. The number of carbonyl (C=O) groups excluding carboxylic acids is 1. The Hall–Kier alpha value is -1.56. The Balaban J connectivity index is 2.30. The van der Waals surface area contributed by atoms with Gasteiger partial charge in [-0.1, -0.05) is 19.1 Å². The average Bonchev–Trinajstić information content (AvgIpc) is 2.45.